The lowest BCUT2D eigenvalue weighted by Gasteiger charge is -2.15. The minimum atomic E-state index is -0.637. The number of benzene rings is 1. The van der Waals surface area contributed by atoms with Crippen molar-refractivity contribution in [2.45, 2.75) is 36.3 Å². The van der Waals surface area contributed by atoms with Crippen LogP contribution in [0.4, 0.5) is 0 Å². The molecule has 1 saturated carbocycles. The third kappa shape index (κ3) is 2.59. The number of carbonyl (C=O) groups is 1. The van der Waals surface area contributed by atoms with Gasteiger partial charge in [-0.3, -0.25) is 4.79 Å². The van der Waals surface area contributed by atoms with Crippen LogP contribution in [0.1, 0.15) is 24.8 Å². The van der Waals surface area contributed by atoms with Crippen LogP contribution in [0.2, 0.25) is 0 Å². The number of carboxylic acid groups (broad SMARTS) is 1. The molecule has 0 bridgehead atoms. The van der Waals surface area contributed by atoms with Crippen molar-refractivity contribution in [1.29, 1.82) is 0 Å². The second-order valence-electron chi connectivity index (χ2n) is 4.34. The summed E-state index contributed by atoms with van der Waals surface area (Å²) >= 11 is 1.72. The Balaban J connectivity index is 2.03. The van der Waals surface area contributed by atoms with Gasteiger partial charge in [0.2, 0.25) is 0 Å². The summed E-state index contributed by atoms with van der Waals surface area (Å²) in [4.78, 5) is 12.2. The van der Waals surface area contributed by atoms with Crippen molar-refractivity contribution >= 4 is 17.7 Å². The van der Waals surface area contributed by atoms with Gasteiger partial charge in [-0.15, -0.1) is 11.8 Å². The highest BCUT2D eigenvalue weighted by molar-refractivity contribution is 8.00. The summed E-state index contributed by atoms with van der Waals surface area (Å²) in [6.45, 7) is 2.06. The maximum atomic E-state index is 11.0. The van der Waals surface area contributed by atoms with E-state index in [0.29, 0.717) is 0 Å². The van der Waals surface area contributed by atoms with Gasteiger partial charge in [-0.05, 0) is 31.9 Å². The van der Waals surface area contributed by atoms with E-state index in [9.17, 15) is 4.79 Å². The summed E-state index contributed by atoms with van der Waals surface area (Å²) < 4.78 is 0. The molecule has 1 N–H and O–H groups in total. The zero-order chi connectivity index (χ0) is 11.5. The summed E-state index contributed by atoms with van der Waals surface area (Å²) in [5.41, 5.74) is 1.24. The molecule has 1 fully saturated rings. The molecule has 1 aliphatic rings. The van der Waals surface area contributed by atoms with Crippen LogP contribution in [0.5, 0.6) is 0 Å². The van der Waals surface area contributed by atoms with E-state index in [1.807, 2.05) is 0 Å². The molecular weight excluding hydrogens is 220 g/mol. The maximum Gasteiger partial charge on any atom is 0.307 e. The molecule has 0 heterocycles. The Bertz CT molecular complexity index is 372. The molecule has 0 aromatic heterocycles. The molecule has 0 unspecified atom stereocenters. The molecule has 3 heteroatoms. The zero-order valence-electron chi connectivity index (χ0n) is 9.35. The first-order chi connectivity index (χ1) is 7.66. The molecule has 16 heavy (non-hydrogen) atoms. The Morgan fingerprint density at radius 3 is 2.62 bits per heavy atom. The normalized spacial score (nSPS) is 24.6. The molecule has 2 atom stereocenters. The van der Waals surface area contributed by atoms with Gasteiger partial charge in [-0.25, -0.2) is 0 Å². The van der Waals surface area contributed by atoms with Crippen molar-refractivity contribution in [3.63, 3.8) is 0 Å². The number of hydrogen-bond acceptors (Lipinski definition) is 2. The molecular formula is C13H16O2S. The zero-order valence-corrected chi connectivity index (χ0v) is 10.2. The summed E-state index contributed by atoms with van der Waals surface area (Å²) in [6, 6.07) is 8.31. The van der Waals surface area contributed by atoms with E-state index in [2.05, 4.69) is 31.2 Å². The molecule has 1 aliphatic carbocycles. The summed E-state index contributed by atoms with van der Waals surface area (Å²) in [5.74, 6) is -0.798. The van der Waals surface area contributed by atoms with Gasteiger partial charge >= 0.3 is 5.97 Å². The van der Waals surface area contributed by atoms with Gasteiger partial charge in [0.15, 0.2) is 0 Å². The number of thioether (sulfide) groups is 1. The lowest BCUT2D eigenvalue weighted by molar-refractivity contribution is -0.141. The van der Waals surface area contributed by atoms with Crippen molar-refractivity contribution in [1.82, 2.24) is 0 Å². The number of aliphatic carboxylic acids is 1. The van der Waals surface area contributed by atoms with E-state index in [-0.39, 0.29) is 11.2 Å². The van der Waals surface area contributed by atoms with Crippen molar-refractivity contribution in [3.8, 4) is 0 Å². The highest BCUT2D eigenvalue weighted by atomic mass is 32.2. The molecule has 0 aliphatic heterocycles. The van der Waals surface area contributed by atoms with Crippen LogP contribution in [-0.2, 0) is 4.79 Å². The maximum absolute atomic E-state index is 11.0. The summed E-state index contributed by atoms with van der Waals surface area (Å²) in [6.07, 6.45) is 2.90. The van der Waals surface area contributed by atoms with Gasteiger partial charge in [-0.2, -0.15) is 0 Å². The molecule has 1 aromatic rings. The predicted octanol–water partition coefficient (Wildman–Crippen LogP) is 3.34. The van der Waals surface area contributed by atoms with E-state index in [1.165, 1.54) is 10.5 Å². The monoisotopic (exact) mass is 236 g/mol. The minimum absolute atomic E-state index is 0.161. The number of aryl methyl sites for hydroxylation is 1. The highest BCUT2D eigenvalue weighted by Gasteiger charge is 2.33. The second kappa shape index (κ2) is 4.91. The van der Waals surface area contributed by atoms with Gasteiger partial charge in [0.1, 0.15) is 0 Å². The number of carboxylic acids is 1. The molecule has 0 amide bonds. The first-order valence-corrected chi connectivity index (χ1v) is 6.51. The third-order valence-corrected chi connectivity index (χ3v) is 4.49. The number of rotatable bonds is 3. The van der Waals surface area contributed by atoms with Gasteiger partial charge in [0.25, 0.3) is 0 Å². The Kier molecular flexibility index (Phi) is 3.54. The van der Waals surface area contributed by atoms with Crippen LogP contribution in [0, 0.1) is 12.8 Å². The van der Waals surface area contributed by atoms with Crippen molar-refractivity contribution in [2.75, 3.05) is 0 Å². The largest absolute Gasteiger partial charge is 0.481 e. The Hall–Kier alpha value is -0.960. The van der Waals surface area contributed by atoms with E-state index in [1.54, 1.807) is 11.8 Å². The molecule has 0 spiro atoms. The number of hydrogen-bond donors (Lipinski definition) is 1. The Morgan fingerprint density at radius 2 is 2.00 bits per heavy atom. The van der Waals surface area contributed by atoms with Crippen LogP contribution < -0.4 is 0 Å². The summed E-state index contributed by atoms with van der Waals surface area (Å²) in [5, 5.41) is 9.34. The van der Waals surface area contributed by atoms with Crippen molar-refractivity contribution in [3.05, 3.63) is 29.8 Å². The SMILES string of the molecule is Cc1ccc(S[C@H]2CCC[C@@H]2C(=O)O)cc1. The molecule has 2 rings (SSSR count). The van der Waals surface area contributed by atoms with E-state index >= 15 is 0 Å². The van der Waals surface area contributed by atoms with E-state index in [0.717, 1.165) is 19.3 Å². The van der Waals surface area contributed by atoms with Crippen molar-refractivity contribution < 1.29 is 9.90 Å². The molecule has 86 valence electrons. The van der Waals surface area contributed by atoms with Gasteiger partial charge in [-0.1, -0.05) is 24.1 Å². The van der Waals surface area contributed by atoms with Crippen LogP contribution in [0.15, 0.2) is 29.2 Å². The van der Waals surface area contributed by atoms with Crippen LogP contribution in [0.25, 0.3) is 0 Å². The third-order valence-electron chi connectivity index (χ3n) is 3.08. The van der Waals surface area contributed by atoms with Gasteiger partial charge in [0.05, 0.1) is 5.92 Å². The fourth-order valence-corrected chi connectivity index (χ4v) is 3.49. The Labute approximate surface area is 100 Å². The lowest BCUT2D eigenvalue weighted by atomic mass is 10.1. The first-order valence-electron chi connectivity index (χ1n) is 5.63. The van der Waals surface area contributed by atoms with E-state index < -0.39 is 5.97 Å². The fraction of sp³-hybridized carbons (Fsp3) is 0.462. The second-order valence-corrected chi connectivity index (χ2v) is 5.66. The van der Waals surface area contributed by atoms with Crippen LogP contribution in [-0.4, -0.2) is 16.3 Å². The molecule has 2 nitrogen and oxygen atoms in total. The topological polar surface area (TPSA) is 37.3 Å². The van der Waals surface area contributed by atoms with Gasteiger partial charge < -0.3 is 5.11 Å². The molecule has 0 saturated heterocycles. The van der Waals surface area contributed by atoms with Crippen LogP contribution in [0.3, 0.4) is 0 Å². The Morgan fingerprint density at radius 1 is 1.31 bits per heavy atom. The van der Waals surface area contributed by atoms with Crippen molar-refractivity contribution in [2.24, 2.45) is 5.92 Å². The predicted molar refractivity (Wildman–Crippen MR) is 65.8 cm³/mol. The molecule has 1 aromatic carbocycles. The first kappa shape index (κ1) is 11.5. The quantitative estimate of drug-likeness (QED) is 0.874. The molecule has 0 radical (unpaired) electrons. The fourth-order valence-electron chi connectivity index (χ4n) is 2.14. The standard InChI is InChI=1S/C13H16O2S/c1-9-5-7-10(8-6-9)16-12-4-2-3-11(12)13(14)15/h5-8,11-12H,2-4H2,1H3,(H,14,15)/t11-,12-/m0/s1. The van der Waals surface area contributed by atoms with E-state index in [4.69, 9.17) is 5.11 Å². The van der Waals surface area contributed by atoms with Gasteiger partial charge in [0, 0.05) is 10.1 Å². The summed E-state index contributed by atoms with van der Waals surface area (Å²) in [7, 11) is 0. The minimum Gasteiger partial charge on any atom is -0.481 e. The highest BCUT2D eigenvalue weighted by Crippen LogP contribution is 2.39. The lowest BCUT2D eigenvalue weighted by Crippen LogP contribution is -2.19. The average Bonchev–Trinajstić information content (AvgIpc) is 2.69. The smallest absolute Gasteiger partial charge is 0.307 e. The average molecular weight is 236 g/mol. The van der Waals surface area contributed by atoms with Crippen LogP contribution >= 0.6 is 11.8 Å².